The highest BCUT2D eigenvalue weighted by atomic mass is 16.5. The van der Waals surface area contributed by atoms with Crippen LogP contribution in [0.25, 0.3) is 11.6 Å². The first-order valence-corrected chi connectivity index (χ1v) is 10.3. The first-order chi connectivity index (χ1) is 14.6. The molecule has 5 rings (SSSR count). The van der Waals surface area contributed by atoms with Gasteiger partial charge in [-0.3, -0.25) is 9.48 Å². The predicted molar refractivity (Wildman–Crippen MR) is 104 cm³/mol. The lowest BCUT2D eigenvalue weighted by molar-refractivity contribution is 0.0790. The van der Waals surface area contributed by atoms with Gasteiger partial charge in [0.2, 0.25) is 0 Å². The van der Waals surface area contributed by atoms with Crippen LogP contribution in [0.3, 0.4) is 0 Å². The molecule has 158 valence electrons. The van der Waals surface area contributed by atoms with Crippen LogP contribution in [0.2, 0.25) is 0 Å². The Morgan fingerprint density at radius 2 is 2.20 bits per heavy atom. The van der Waals surface area contributed by atoms with Crippen LogP contribution in [0.4, 0.5) is 0 Å². The topological polar surface area (TPSA) is 112 Å². The molecule has 0 saturated heterocycles. The molecule has 0 radical (unpaired) electrons. The standard InChI is InChI=1S/C20H24N6O4/c1-12-21-15(11-29-12)20(27)25(2)7-5-17-22-19(30-24-17)18-14-10-28-8-6-16(14)26(23-18)9-13-3-4-13/h11,13H,3-10H2,1-2H3. The van der Waals surface area contributed by atoms with E-state index in [-0.39, 0.29) is 11.6 Å². The highest BCUT2D eigenvalue weighted by molar-refractivity contribution is 5.91. The Morgan fingerprint density at radius 1 is 1.33 bits per heavy atom. The monoisotopic (exact) mass is 412 g/mol. The van der Waals surface area contributed by atoms with Crippen molar-refractivity contribution in [1.29, 1.82) is 0 Å². The number of hydrogen-bond acceptors (Lipinski definition) is 8. The summed E-state index contributed by atoms with van der Waals surface area (Å²) in [4.78, 5) is 22.5. The van der Waals surface area contributed by atoms with E-state index < -0.39 is 0 Å². The van der Waals surface area contributed by atoms with Gasteiger partial charge in [-0.05, 0) is 18.8 Å². The second-order valence-electron chi connectivity index (χ2n) is 7.95. The second kappa shape index (κ2) is 7.67. The Balaban J connectivity index is 1.28. The summed E-state index contributed by atoms with van der Waals surface area (Å²) in [7, 11) is 1.71. The quantitative estimate of drug-likeness (QED) is 0.579. The zero-order valence-electron chi connectivity index (χ0n) is 17.1. The van der Waals surface area contributed by atoms with Crippen LogP contribution in [0, 0.1) is 12.8 Å². The zero-order valence-corrected chi connectivity index (χ0v) is 17.1. The van der Waals surface area contributed by atoms with Crippen LogP contribution in [-0.4, -0.2) is 55.9 Å². The summed E-state index contributed by atoms with van der Waals surface area (Å²) in [6.45, 7) is 4.30. The van der Waals surface area contributed by atoms with Gasteiger partial charge in [-0.2, -0.15) is 10.1 Å². The van der Waals surface area contributed by atoms with E-state index in [2.05, 4.69) is 19.8 Å². The third kappa shape index (κ3) is 3.74. The normalized spacial score (nSPS) is 15.9. The van der Waals surface area contributed by atoms with Crippen LogP contribution in [0.15, 0.2) is 15.2 Å². The van der Waals surface area contributed by atoms with Gasteiger partial charge in [-0.1, -0.05) is 5.16 Å². The molecule has 3 aromatic rings. The number of amides is 1. The predicted octanol–water partition coefficient (Wildman–Crippen LogP) is 2.03. The molecule has 1 amide bonds. The van der Waals surface area contributed by atoms with Crippen LogP contribution < -0.4 is 0 Å². The molecule has 1 saturated carbocycles. The number of ether oxygens (including phenoxy) is 1. The van der Waals surface area contributed by atoms with Crippen molar-refractivity contribution in [1.82, 2.24) is 29.8 Å². The van der Waals surface area contributed by atoms with Crippen molar-refractivity contribution in [2.75, 3.05) is 20.2 Å². The van der Waals surface area contributed by atoms with Crippen molar-refractivity contribution in [3.8, 4) is 11.6 Å². The minimum Gasteiger partial charge on any atom is -0.448 e. The SMILES string of the molecule is Cc1nc(C(=O)N(C)CCc2noc(-c3nn(CC4CC4)c4c3COCC4)n2)co1. The van der Waals surface area contributed by atoms with Gasteiger partial charge >= 0.3 is 0 Å². The van der Waals surface area contributed by atoms with Crippen molar-refractivity contribution in [2.45, 2.75) is 45.8 Å². The van der Waals surface area contributed by atoms with Gasteiger partial charge in [0.1, 0.15) is 6.26 Å². The molecule has 4 heterocycles. The summed E-state index contributed by atoms with van der Waals surface area (Å²) >= 11 is 0. The molecule has 0 bridgehead atoms. The van der Waals surface area contributed by atoms with Crippen LogP contribution in [0.5, 0.6) is 0 Å². The lowest BCUT2D eigenvalue weighted by Crippen LogP contribution is -2.29. The largest absolute Gasteiger partial charge is 0.448 e. The molecule has 2 aliphatic rings. The highest BCUT2D eigenvalue weighted by Crippen LogP contribution is 2.34. The molecule has 10 nitrogen and oxygen atoms in total. The molecular weight excluding hydrogens is 388 g/mol. The van der Waals surface area contributed by atoms with Crippen LogP contribution in [0.1, 0.15) is 46.3 Å². The third-order valence-corrected chi connectivity index (χ3v) is 5.55. The minimum atomic E-state index is -0.208. The van der Waals surface area contributed by atoms with E-state index in [1.807, 2.05) is 0 Å². The average molecular weight is 412 g/mol. The smallest absolute Gasteiger partial charge is 0.278 e. The molecular formula is C20H24N6O4. The van der Waals surface area contributed by atoms with Crippen LogP contribution >= 0.6 is 0 Å². The molecule has 3 aromatic heterocycles. The van der Waals surface area contributed by atoms with Crippen molar-refractivity contribution in [3.05, 3.63) is 34.9 Å². The summed E-state index contributed by atoms with van der Waals surface area (Å²) in [6.07, 6.45) is 5.22. The molecule has 1 fully saturated rings. The van der Waals surface area contributed by atoms with E-state index in [9.17, 15) is 4.79 Å². The molecule has 0 aromatic carbocycles. The Kier molecular flexibility index (Phi) is 4.86. The number of aromatic nitrogens is 5. The van der Waals surface area contributed by atoms with Crippen molar-refractivity contribution >= 4 is 5.91 Å². The van der Waals surface area contributed by atoms with Gasteiger partial charge < -0.3 is 18.6 Å². The van der Waals surface area contributed by atoms with Crippen LogP contribution in [-0.2, 0) is 30.7 Å². The number of carbonyl (C=O) groups is 1. The number of carbonyl (C=O) groups excluding carboxylic acids is 1. The second-order valence-corrected chi connectivity index (χ2v) is 7.95. The van der Waals surface area contributed by atoms with Gasteiger partial charge in [0, 0.05) is 51.2 Å². The van der Waals surface area contributed by atoms with E-state index in [1.54, 1.807) is 18.9 Å². The number of likely N-dealkylation sites (N-methyl/N-ethyl adjacent to an activating group) is 1. The molecule has 0 spiro atoms. The number of aryl methyl sites for hydroxylation is 1. The molecule has 10 heteroatoms. The van der Waals surface area contributed by atoms with E-state index in [1.165, 1.54) is 24.8 Å². The fourth-order valence-corrected chi connectivity index (χ4v) is 3.65. The number of fused-ring (bicyclic) bond motifs is 1. The third-order valence-electron chi connectivity index (χ3n) is 5.55. The summed E-state index contributed by atoms with van der Waals surface area (Å²) < 4.78 is 18.4. The molecule has 1 aliphatic carbocycles. The summed E-state index contributed by atoms with van der Waals surface area (Å²) in [5.41, 5.74) is 3.27. The number of hydrogen-bond donors (Lipinski definition) is 0. The van der Waals surface area contributed by atoms with E-state index in [4.69, 9.17) is 18.8 Å². The lowest BCUT2D eigenvalue weighted by atomic mass is 10.1. The van der Waals surface area contributed by atoms with E-state index in [0.29, 0.717) is 49.5 Å². The lowest BCUT2D eigenvalue weighted by Gasteiger charge is -2.14. The molecule has 0 unspecified atom stereocenters. The van der Waals surface area contributed by atoms with Crippen molar-refractivity contribution in [3.63, 3.8) is 0 Å². The Bertz CT molecular complexity index is 1060. The maximum atomic E-state index is 12.4. The minimum absolute atomic E-state index is 0.208. The van der Waals surface area contributed by atoms with Gasteiger partial charge in [-0.25, -0.2) is 4.98 Å². The summed E-state index contributed by atoms with van der Waals surface area (Å²) in [6, 6.07) is 0. The maximum Gasteiger partial charge on any atom is 0.278 e. The average Bonchev–Trinajstić information content (AvgIpc) is 3.13. The zero-order chi connectivity index (χ0) is 20.7. The highest BCUT2D eigenvalue weighted by Gasteiger charge is 2.29. The van der Waals surface area contributed by atoms with E-state index >= 15 is 0 Å². The molecule has 0 N–H and O–H groups in total. The van der Waals surface area contributed by atoms with Gasteiger partial charge in [-0.15, -0.1) is 0 Å². The maximum absolute atomic E-state index is 12.4. The molecule has 0 atom stereocenters. The summed E-state index contributed by atoms with van der Waals surface area (Å²) in [5.74, 6) is 1.92. The Hall–Kier alpha value is -3.01. The Labute approximate surface area is 173 Å². The van der Waals surface area contributed by atoms with E-state index in [0.717, 1.165) is 24.4 Å². The Morgan fingerprint density at radius 3 is 2.97 bits per heavy atom. The first kappa shape index (κ1) is 19.0. The fraction of sp³-hybridized carbons (Fsp3) is 0.550. The van der Waals surface area contributed by atoms with Crippen molar-refractivity contribution < 1.29 is 18.5 Å². The van der Waals surface area contributed by atoms with Gasteiger partial charge in [0.25, 0.3) is 11.8 Å². The number of nitrogens with zero attached hydrogens (tertiary/aromatic N) is 6. The van der Waals surface area contributed by atoms with Crippen molar-refractivity contribution in [2.24, 2.45) is 5.92 Å². The molecule has 1 aliphatic heterocycles. The summed E-state index contributed by atoms with van der Waals surface area (Å²) in [5, 5.41) is 8.86. The fourth-order valence-electron chi connectivity index (χ4n) is 3.65. The first-order valence-electron chi connectivity index (χ1n) is 10.3. The van der Waals surface area contributed by atoms with Gasteiger partial charge in [0.05, 0.1) is 13.2 Å². The number of rotatable bonds is 7. The number of oxazole rings is 1. The van der Waals surface area contributed by atoms with Gasteiger partial charge in [0.15, 0.2) is 23.1 Å². The molecule has 30 heavy (non-hydrogen) atoms.